The number of hydrogen-bond donors (Lipinski definition) is 1. The first kappa shape index (κ1) is 29.4. The molecule has 2 saturated heterocycles. The number of carboxylic acid groups (broad SMARTS) is 1. The summed E-state index contributed by atoms with van der Waals surface area (Å²) in [6, 6.07) is 6.85. The van der Waals surface area contributed by atoms with Crippen LogP contribution in [-0.2, 0) is 9.53 Å². The van der Waals surface area contributed by atoms with E-state index in [0.29, 0.717) is 28.3 Å². The molecule has 3 fully saturated rings. The molecule has 1 aliphatic carbocycles. The maximum Gasteiger partial charge on any atom is 0.330 e. The Balaban J connectivity index is 1.18. The zero-order valence-electron chi connectivity index (χ0n) is 22.4. The molecule has 7 nitrogen and oxygen atoms in total. The lowest BCUT2D eigenvalue weighted by Crippen LogP contribution is -2.45. The van der Waals surface area contributed by atoms with Crippen molar-refractivity contribution in [3.8, 4) is 18.1 Å². The van der Waals surface area contributed by atoms with E-state index in [4.69, 9.17) is 39.1 Å². The van der Waals surface area contributed by atoms with Gasteiger partial charge in [0.25, 0.3) is 5.91 Å². The quantitative estimate of drug-likeness (QED) is 0.372. The number of likely N-dealkylation sites (tertiary alicyclic amines) is 1. The largest absolute Gasteiger partial charge is 0.493 e. The van der Waals surface area contributed by atoms with Crippen molar-refractivity contribution >= 4 is 41.2 Å². The first-order valence-corrected chi connectivity index (χ1v) is 14.4. The van der Waals surface area contributed by atoms with Crippen molar-refractivity contribution in [2.45, 2.75) is 43.7 Å². The summed E-state index contributed by atoms with van der Waals surface area (Å²) < 4.78 is 26.7. The van der Waals surface area contributed by atoms with Crippen LogP contribution in [0.25, 0.3) is 6.08 Å². The van der Waals surface area contributed by atoms with Crippen molar-refractivity contribution in [3.63, 3.8) is 0 Å². The van der Waals surface area contributed by atoms with E-state index >= 15 is 4.39 Å². The van der Waals surface area contributed by atoms with Gasteiger partial charge in [-0.1, -0.05) is 41.3 Å². The highest BCUT2D eigenvalue weighted by molar-refractivity contribution is 6.34. The van der Waals surface area contributed by atoms with Crippen LogP contribution in [0.4, 0.5) is 4.39 Å². The van der Waals surface area contributed by atoms with Gasteiger partial charge in [0.1, 0.15) is 18.3 Å². The zero-order chi connectivity index (χ0) is 29.1. The van der Waals surface area contributed by atoms with Crippen molar-refractivity contribution in [2.75, 3.05) is 33.0 Å². The van der Waals surface area contributed by atoms with Gasteiger partial charge in [0.15, 0.2) is 12.1 Å². The fourth-order valence-electron chi connectivity index (χ4n) is 5.36. The number of nitrogens with zero attached hydrogens (tertiary/aromatic N) is 2. The van der Waals surface area contributed by atoms with E-state index in [9.17, 15) is 14.7 Å². The van der Waals surface area contributed by atoms with Gasteiger partial charge < -0.3 is 14.6 Å². The van der Waals surface area contributed by atoms with Crippen LogP contribution in [0.3, 0.4) is 0 Å². The lowest BCUT2D eigenvalue weighted by molar-refractivity contribution is -0.141. The molecule has 1 saturated carbocycles. The fraction of sp³-hybridized carbons (Fsp3) is 0.419. The number of benzene rings is 2. The van der Waals surface area contributed by atoms with Crippen LogP contribution < -0.4 is 4.74 Å². The molecule has 2 aromatic rings. The summed E-state index contributed by atoms with van der Waals surface area (Å²) in [5.41, 5.74) is 1.54. The minimum Gasteiger partial charge on any atom is -0.493 e. The minimum absolute atomic E-state index is 0.184. The van der Waals surface area contributed by atoms with Crippen molar-refractivity contribution in [3.05, 3.63) is 69.0 Å². The average molecular weight is 602 g/mol. The number of hydrogen-bond acceptors (Lipinski definition) is 5. The SMILES string of the molecule is C#C[C@H]1OCN(C(=O)c2cc(C3CC3)c(OCC3CCN(C/C=C\c4cc(Cl)cc(Cl)c4)CC3)cc2F)[C@@H]1C(=O)O. The maximum atomic E-state index is 15.2. The lowest BCUT2D eigenvalue weighted by Gasteiger charge is -2.31. The molecule has 216 valence electrons. The summed E-state index contributed by atoms with van der Waals surface area (Å²) >= 11 is 12.1. The molecule has 2 atom stereocenters. The number of terminal acetylenes is 1. The van der Waals surface area contributed by atoms with Crippen LogP contribution in [0, 0.1) is 24.1 Å². The molecular weight excluding hydrogens is 570 g/mol. The van der Waals surface area contributed by atoms with Crippen LogP contribution in [0.2, 0.25) is 10.0 Å². The normalized spacial score (nSPS) is 21.8. The van der Waals surface area contributed by atoms with Crippen molar-refractivity contribution < 1.29 is 28.6 Å². The molecule has 10 heteroatoms. The fourth-order valence-corrected chi connectivity index (χ4v) is 5.91. The van der Waals surface area contributed by atoms with Crippen molar-refractivity contribution in [1.29, 1.82) is 0 Å². The highest BCUT2D eigenvalue weighted by atomic mass is 35.5. The Morgan fingerprint density at radius 2 is 1.83 bits per heavy atom. The number of carbonyl (C=O) groups excluding carboxylic acids is 1. The third-order valence-electron chi connectivity index (χ3n) is 7.78. The van der Waals surface area contributed by atoms with Gasteiger partial charge in [-0.05, 0) is 86.0 Å². The van der Waals surface area contributed by atoms with Gasteiger partial charge in [0.2, 0.25) is 0 Å². The number of carbonyl (C=O) groups is 2. The van der Waals surface area contributed by atoms with Crippen LogP contribution in [0.15, 0.2) is 36.4 Å². The first-order valence-electron chi connectivity index (χ1n) is 13.7. The van der Waals surface area contributed by atoms with Crippen molar-refractivity contribution in [2.24, 2.45) is 5.92 Å². The Kier molecular flexibility index (Phi) is 9.20. The number of piperidine rings is 1. The molecule has 2 heterocycles. The van der Waals surface area contributed by atoms with Gasteiger partial charge in [0.05, 0.1) is 12.2 Å². The summed E-state index contributed by atoms with van der Waals surface area (Å²) in [6.45, 7) is 2.81. The van der Waals surface area contributed by atoms with Gasteiger partial charge >= 0.3 is 5.97 Å². The summed E-state index contributed by atoms with van der Waals surface area (Å²) in [7, 11) is 0. The topological polar surface area (TPSA) is 79.3 Å². The standard InChI is InChI=1S/C31H31Cl2FN2O5/c1-2-27-29(31(38)39)36(18-41-27)30(37)25-15-24(21-5-6-21)28(16-26(25)34)40-17-19-7-10-35(11-8-19)9-3-4-20-12-22(32)14-23(33)13-20/h1,3-4,12-16,19,21,27,29H,5-11,17-18H2,(H,38,39)/b4-3-/t27-,29+/m1/s1. The molecule has 41 heavy (non-hydrogen) atoms. The minimum atomic E-state index is -1.37. The summed E-state index contributed by atoms with van der Waals surface area (Å²) in [5.74, 6) is 0.382. The Hall–Kier alpha value is -3.09. The third kappa shape index (κ3) is 7.04. The maximum absolute atomic E-state index is 15.2. The summed E-state index contributed by atoms with van der Waals surface area (Å²) in [5, 5.41) is 10.8. The predicted molar refractivity (Wildman–Crippen MR) is 155 cm³/mol. The van der Waals surface area contributed by atoms with Crippen LogP contribution in [-0.4, -0.2) is 71.9 Å². The molecule has 2 aromatic carbocycles. The van der Waals surface area contributed by atoms with Gasteiger partial charge in [-0.15, -0.1) is 6.42 Å². The molecule has 1 amide bonds. The van der Waals surface area contributed by atoms with Crippen LogP contribution in [0.5, 0.6) is 5.75 Å². The molecule has 2 aliphatic heterocycles. The van der Waals surface area contributed by atoms with E-state index in [0.717, 1.165) is 61.3 Å². The second kappa shape index (κ2) is 12.8. The number of halogens is 3. The Morgan fingerprint density at radius 1 is 1.12 bits per heavy atom. The highest BCUT2D eigenvalue weighted by Gasteiger charge is 2.43. The van der Waals surface area contributed by atoms with E-state index in [1.54, 1.807) is 6.07 Å². The smallest absolute Gasteiger partial charge is 0.330 e. The predicted octanol–water partition coefficient (Wildman–Crippen LogP) is 5.70. The number of amides is 1. The molecule has 0 aromatic heterocycles. The van der Waals surface area contributed by atoms with Gasteiger partial charge in [-0.2, -0.15) is 0 Å². The molecule has 3 aliphatic rings. The van der Waals surface area contributed by atoms with E-state index in [1.165, 1.54) is 12.1 Å². The van der Waals surface area contributed by atoms with E-state index in [1.807, 2.05) is 18.2 Å². The van der Waals surface area contributed by atoms with E-state index in [2.05, 4.69) is 16.9 Å². The number of ether oxygens (including phenoxy) is 2. The number of rotatable bonds is 9. The van der Waals surface area contributed by atoms with Gasteiger partial charge in [-0.3, -0.25) is 14.6 Å². The molecule has 0 bridgehead atoms. The monoisotopic (exact) mass is 600 g/mol. The Bertz CT molecular complexity index is 1360. The molecule has 0 spiro atoms. The van der Waals surface area contributed by atoms with E-state index in [-0.39, 0.29) is 18.2 Å². The number of carboxylic acids is 1. The molecule has 1 N–H and O–H groups in total. The lowest BCUT2D eigenvalue weighted by atomic mass is 9.97. The zero-order valence-corrected chi connectivity index (χ0v) is 23.9. The first-order chi connectivity index (χ1) is 19.7. The summed E-state index contributed by atoms with van der Waals surface area (Å²) in [4.78, 5) is 28.3. The molecule has 0 unspecified atom stereocenters. The Labute approximate surface area is 248 Å². The average Bonchev–Trinajstić information content (AvgIpc) is 3.68. The Morgan fingerprint density at radius 3 is 2.46 bits per heavy atom. The summed E-state index contributed by atoms with van der Waals surface area (Å²) in [6.07, 6.45) is 12.1. The highest BCUT2D eigenvalue weighted by Crippen LogP contribution is 2.45. The second-order valence-electron chi connectivity index (χ2n) is 10.7. The third-order valence-corrected chi connectivity index (χ3v) is 8.22. The second-order valence-corrected chi connectivity index (χ2v) is 11.6. The van der Waals surface area contributed by atoms with E-state index < -0.39 is 29.8 Å². The molecular formula is C31H31Cl2FN2O5. The molecule has 5 rings (SSSR count). The van der Waals surface area contributed by atoms with Crippen molar-refractivity contribution in [1.82, 2.24) is 9.80 Å². The van der Waals surface area contributed by atoms with Gasteiger partial charge in [0, 0.05) is 22.7 Å². The van der Waals surface area contributed by atoms with Crippen LogP contribution >= 0.6 is 23.2 Å². The molecule has 0 radical (unpaired) electrons. The van der Waals surface area contributed by atoms with Crippen LogP contribution in [0.1, 0.15) is 53.1 Å². The van der Waals surface area contributed by atoms with Gasteiger partial charge in [-0.25, -0.2) is 9.18 Å². The number of aliphatic carboxylic acids is 1.